The van der Waals surface area contributed by atoms with E-state index >= 15 is 0 Å². The summed E-state index contributed by atoms with van der Waals surface area (Å²) in [5, 5.41) is 9.72. The predicted molar refractivity (Wildman–Crippen MR) is 139 cm³/mol. The molecule has 0 unspecified atom stereocenters. The van der Waals surface area contributed by atoms with Gasteiger partial charge in [0, 0.05) is 20.6 Å². The number of aromatic nitrogens is 1. The summed E-state index contributed by atoms with van der Waals surface area (Å²) < 4.78 is 1.17. The van der Waals surface area contributed by atoms with Crippen molar-refractivity contribution in [3.05, 3.63) is 48.6 Å². The molecule has 0 radical (unpaired) electrons. The molecule has 6 nitrogen and oxygen atoms in total. The van der Waals surface area contributed by atoms with Crippen molar-refractivity contribution in [2.45, 2.75) is 41.0 Å². The lowest BCUT2D eigenvalue weighted by molar-refractivity contribution is -0.109. The van der Waals surface area contributed by atoms with Crippen LogP contribution in [0.4, 0.5) is 10.8 Å². The van der Waals surface area contributed by atoms with Crippen molar-refractivity contribution in [2.24, 2.45) is 0 Å². The topological polar surface area (TPSA) is 83.1 Å². The van der Waals surface area contributed by atoms with E-state index in [0.29, 0.717) is 6.41 Å². The average molecular weight is 447 g/mol. The molecule has 0 aliphatic carbocycles. The molecule has 0 fully saturated rings. The van der Waals surface area contributed by atoms with E-state index in [-0.39, 0.29) is 0 Å². The van der Waals surface area contributed by atoms with Crippen LogP contribution in [0.3, 0.4) is 0 Å². The molecule has 0 spiro atoms. The third kappa shape index (κ3) is 12.4. The number of amides is 1. The van der Waals surface area contributed by atoms with Crippen LogP contribution in [0.5, 0.6) is 0 Å². The number of carbonyl (C=O) groups excluding carboxylic acids is 2. The minimum absolute atomic E-state index is 0.681. The first-order chi connectivity index (χ1) is 15.0. The molecule has 1 heterocycles. The molecule has 31 heavy (non-hydrogen) atoms. The van der Waals surface area contributed by atoms with Crippen LogP contribution in [0.2, 0.25) is 0 Å². The highest BCUT2D eigenvalue weighted by molar-refractivity contribution is 7.22. The fraction of sp³-hybridized carbons (Fsp3) is 0.375. The highest BCUT2D eigenvalue weighted by atomic mass is 32.1. The molecule has 172 valence electrons. The van der Waals surface area contributed by atoms with Gasteiger partial charge in [0.15, 0.2) is 5.13 Å². The first-order valence-electron chi connectivity index (χ1n) is 10.3. The Balaban J connectivity index is 0. The third-order valence-corrected chi connectivity index (χ3v) is 4.44. The van der Waals surface area contributed by atoms with Crippen LogP contribution in [0.25, 0.3) is 15.8 Å². The number of carbonyl (C=O) groups is 2. The van der Waals surface area contributed by atoms with Crippen LogP contribution in [-0.4, -0.2) is 38.3 Å². The molecule has 0 saturated heterocycles. The quantitative estimate of drug-likeness (QED) is 0.364. The Morgan fingerprint density at radius 1 is 1.13 bits per heavy atom. The van der Waals surface area contributed by atoms with E-state index in [9.17, 15) is 4.79 Å². The monoisotopic (exact) mass is 446 g/mol. The summed E-state index contributed by atoms with van der Waals surface area (Å²) in [4.78, 5) is 22.7. The third-order valence-electron chi connectivity index (χ3n) is 3.32. The van der Waals surface area contributed by atoms with Gasteiger partial charge in [-0.2, -0.15) is 0 Å². The lowest BCUT2D eigenvalue weighted by atomic mass is 10.0. The maximum atomic E-state index is 9.29. The number of nitrogens with one attached hydrogen (secondary N) is 3. The van der Waals surface area contributed by atoms with E-state index < -0.39 is 0 Å². The van der Waals surface area contributed by atoms with Crippen LogP contribution >= 0.6 is 11.3 Å². The van der Waals surface area contributed by atoms with Crippen LogP contribution in [0.1, 0.15) is 46.6 Å². The van der Waals surface area contributed by atoms with Crippen LogP contribution in [0.15, 0.2) is 43.0 Å². The summed E-state index contributed by atoms with van der Waals surface area (Å²) in [6.07, 6.45) is 10.5. The van der Waals surface area contributed by atoms with Gasteiger partial charge in [0.25, 0.3) is 0 Å². The van der Waals surface area contributed by atoms with Crippen molar-refractivity contribution in [3.63, 3.8) is 0 Å². The Hall–Kier alpha value is -2.93. The maximum absolute atomic E-state index is 9.29. The van der Waals surface area contributed by atoms with Gasteiger partial charge in [0.2, 0.25) is 6.41 Å². The van der Waals surface area contributed by atoms with Crippen molar-refractivity contribution in [1.29, 1.82) is 0 Å². The lowest BCUT2D eigenvalue weighted by Gasteiger charge is -2.07. The fourth-order valence-electron chi connectivity index (χ4n) is 2.11. The molecule has 0 atom stereocenters. The Kier molecular flexibility index (Phi) is 19.9. The number of allylic oxidation sites excluding steroid dienone is 5. The minimum atomic E-state index is 0.681. The molecule has 2 aromatic rings. The molecule has 7 heteroatoms. The second-order valence-corrected chi connectivity index (χ2v) is 6.85. The second-order valence-electron chi connectivity index (χ2n) is 5.85. The number of fused-ring (bicyclic) bond motifs is 1. The highest BCUT2D eigenvalue weighted by Crippen LogP contribution is 2.35. The molecule has 2 rings (SSSR count). The molecule has 3 N–H and O–H groups in total. The van der Waals surface area contributed by atoms with Crippen molar-refractivity contribution < 1.29 is 9.59 Å². The van der Waals surface area contributed by atoms with E-state index in [4.69, 9.17) is 4.79 Å². The first-order valence-corrected chi connectivity index (χ1v) is 11.1. The van der Waals surface area contributed by atoms with E-state index in [1.165, 1.54) is 18.0 Å². The first kappa shape index (κ1) is 30.3. The summed E-state index contributed by atoms with van der Waals surface area (Å²) >= 11 is 1.66. The standard InChI is InChI=1S/C16H19N3S.C3H7NO.C3H8.C2H4O/c1-5-7-8-11(6-2)12-9-13(17-3)15-14(10-12)19-16(18-4)20-15;1-2-4-3-5;1-3-2;1-2-3/h5-10,17H,1H2,2-4H3,(H,18,19);3H,2H2,1H3,(H,4,5);3H2,1-2H3;2H,1H3/b8-7-,11-6+;;;. The van der Waals surface area contributed by atoms with Gasteiger partial charge in [-0.05, 0) is 44.0 Å². The van der Waals surface area contributed by atoms with E-state index in [1.807, 2.05) is 34.0 Å². The zero-order valence-electron chi connectivity index (χ0n) is 19.9. The molecule has 1 aromatic carbocycles. The number of thiazole rings is 1. The summed E-state index contributed by atoms with van der Waals surface area (Å²) in [7, 11) is 3.83. The molecule has 0 saturated carbocycles. The maximum Gasteiger partial charge on any atom is 0.207 e. The smallest absolute Gasteiger partial charge is 0.207 e. The summed E-state index contributed by atoms with van der Waals surface area (Å²) in [6, 6.07) is 4.28. The SMILES string of the molecule is C=C/C=C\C(=C/C)c1cc(NC)c2sc(NC)nc2c1.CC=O.CCC.CCNC=O. The molecule has 1 amide bonds. The Bertz CT molecular complexity index is 826. The summed E-state index contributed by atoms with van der Waals surface area (Å²) in [6.45, 7) is 14.0. The molecule has 0 aliphatic heterocycles. The molecular formula is C24H38N4O2S. The largest absolute Gasteiger partial charge is 0.387 e. The molecule has 0 aliphatic rings. The van der Waals surface area contributed by atoms with Crippen molar-refractivity contribution in [3.8, 4) is 0 Å². The predicted octanol–water partition coefficient (Wildman–Crippen LogP) is 5.90. The van der Waals surface area contributed by atoms with E-state index in [1.54, 1.807) is 17.4 Å². The molecule has 0 bridgehead atoms. The van der Waals surface area contributed by atoms with Gasteiger partial charge in [0.05, 0.1) is 15.9 Å². The van der Waals surface area contributed by atoms with Crippen molar-refractivity contribution >= 4 is 50.6 Å². The van der Waals surface area contributed by atoms with Crippen LogP contribution in [-0.2, 0) is 9.59 Å². The minimum Gasteiger partial charge on any atom is -0.387 e. The fourth-order valence-corrected chi connectivity index (χ4v) is 3.03. The molecule has 1 aromatic heterocycles. The van der Waals surface area contributed by atoms with Gasteiger partial charge >= 0.3 is 0 Å². The normalized spacial score (nSPS) is 9.84. The number of hydrogen-bond donors (Lipinski definition) is 3. The van der Waals surface area contributed by atoms with E-state index in [0.717, 1.165) is 40.3 Å². The average Bonchev–Trinajstić information content (AvgIpc) is 3.19. The number of anilines is 2. The van der Waals surface area contributed by atoms with Gasteiger partial charge in [-0.15, -0.1) is 0 Å². The zero-order valence-corrected chi connectivity index (χ0v) is 20.7. The number of aldehydes is 1. The van der Waals surface area contributed by atoms with Gasteiger partial charge in [0.1, 0.15) is 6.29 Å². The lowest BCUT2D eigenvalue weighted by Crippen LogP contribution is -2.07. The van der Waals surface area contributed by atoms with Gasteiger partial charge in [-0.1, -0.05) is 62.5 Å². The van der Waals surface area contributed by atoms with Crippen LogP contribution in [0, 0.1) is 0 Å². The summed E-state index contributed by atoms with van der Waals surface area (Å²) in [5.41, 5.74) is 4.41. The van der Waals surface area contributed by atoms with Gasteiger partial charge < -0.3 is 20.7 Å². The van der Waals surface area contributed by atoms with E-state index in [2.05, 4.69) is 65.6 Å². The number of rotatable bonds is 7. The zero-order chi connectivity index (χ0) is 24.1. The number of benzene rings is 1. The second kappa shape index (κ2) is 20.3. The Morgan fingerprint density at radius 2 is 1.74 bits per heavy atom. The van der Waals surface area contributed by atoms with Crippen molar-refractivity contribution in [1.82, 2.24) is 10.3 Å². The van der Waals surface area contributed by atoms with Crippen LogP contribution < -0.4 is 16.0 Å². The Morgan fingerprint density at radius 3 is 2.13 bits per heavy atom. The Labute approximate surface area is 191 Å². The summed E-state index contributed by atoms with van der Waals surface area (Å²) in [5.74, 6) is 0. The number of nitrogens with zero attached hydrogens (tertiary/aromatic N) is 1. The number of hydrogen-bond acceptors (Lipinski definition) is 6. The van der Waals surface area contributed by atoms with Gasteiger partial charge in [-0.25, -0.2) is 4.98 Å². The van der Waals surface area contributed by atoms with Crippen molar-refractivity contribution in [2.75, 3.05) is 31.3 Å². The molecular weight excluding hydrogens is 408 g/mol. The highest BCUT2D eigenvalue weighted by Gasteiger charge is 2.10. The van der Waals surface area contributed by atoms with Gasteiger partial charge in [-0.3, -0.25) is 4.79 Å².